The SMILES string of the molecule is CC(=O)[C@H](CSCCCC(=O)NO)NC(=O)/C=C/c1ccccc1. The van der Waals surface area contributed by atoms with Gasteiger partial charge >= 0.3 is 0 Å². The van der Waals surface area contributed by atoms with Crippen LogP contribution in [0.5, 0.6) is 0 Å². The summed E-state index contributed by atoms with van der Waals surface area (Å²) in [6, 6.07) is 8.85. The van der Waals surface area contributed by atoms with Crippen molar-refractivity contribution in [3.8, 4) is 0 Å². The highest BCUT2D eigenvalue weighted by atomic mass is 32.2. The number of rotatable bonds is 10. The molecule has 130 valence electrons. The minimum Gasteiger partial charge on any atom is -0.342 e. The summed E-state index contributed by atoms with van der Waals surface area (Å²) in [4.78, 5) is 34.4. The summed E-state index contributed by atoms with van der Waals surface area (Å²) in [5.41, 5.74) is 2.48. The average molecular weight is 350 g/mol. The third-order valence-corrected chi connectivity index (χ3v) is 4.28. The van der Waals surface area contributed by atoms with Gasteiger partial charge in [-0.3, -0.25) is 19.6 Å². The number of thioether (sulfide) groups is 1. The van der Waals surface area contributed by atoms with Crippen LogP contribution in [0.1, 0.15) is 25.3 Å². The second-order valence-corrected chi connectivity index (χ2v) is 6.28. The monoisotopic (exact) mass is 350 g/mol. The molecule has 7 heteroatoms. The van der Waals surface area contributed by atoms with Gasteiger partial charge in [0.25, 0.3) is 0 Å². The van der Waals surface area contributed by atoms with Gasteiger partial charge in [-0.15, -0.1) is 0 Å². The van der Waals surface area contributed by atoms with E-state index in [1.165, 1.54) is 24.8 Å². The van der Waals surface area contributed by atoms with Gasteiger partial charge in [-0.25, -0.2) is 5.48 Å². The number of nitrogens with one attached hydrogen (secondary N) is 2. The Hall–Kier alpha value is -2.12. The highest BCUT2D eigenvalue weighted by molar-refractivity contribution is 7.99. The summed E-state index contributed by atoms with van der Waals surface area (Å²) in [5.74, 6) is 0.239. The van der Waals surface area contributed by atoms with Crippen LogP contribution in [0.3, 0.4) is 0 Å². The molecule has 0 aliphatic rings. The Bertz CT molecular complexity index is 575. The molecule has 3 N–H and O–H groups in total. The maximum Gasteiger partial charge on any atom is 0.244 e. The molecule has 2 amide bonds. The van der Waals surface area contributed by atoms with Gasteiger partial charge in [-0.2, -0.15) is 11.8 Å². The predicted molar refractivity (Wildman–Crippen MR) is 94.6 cm³/mol. The van der Waals surface area contributed by atoms with Crippen molar-refractivity contribution in [1.29, 1.82) is 0 Å². The molecular weight excluding hydrogens is 328 g/mol. The van der Waals surface area contributed by atoms with Crippen LogP contribution < -0.4 is 10.8 Å². The molecule has 0 heterocycles. The van der Waals surface area contributed by atoms with Crippen LogP contribution in [0.2, 0.25) is 0 Å². The van der Waals surface area contributed by atoms with Crippen molar-refractivity contribution in [3.05, 3.63) is 42.0 Å². The molecule has 0 unspecified atom stereocenters. The second kappa shape index (κ2) is 11.4. The lowest BCUT2D eigenvalue weighted by molar-refractivity contribution is -0.129. The van der Waals surface area contributed by atoms with Gasteiger partial charge < -0.3 is 5.32 Å². The first-order valence-corrected chi connectivity index (χ1v) is 8.73. The quantitative estimate of drug-likeness (QED) is 0.259. The maximum atomic E-state index is 11.9. The van der Waals surface area contributed by atoms with Crippen LogP contribution in [0, 0.1) is 0 Å². The Morgan fingerprint density at radius 1 is 1.25 bits per heavy atom. The van der Waals surface area contributed by atoms with Crippen LogP contribution in [-0.4, -0.2) is 40.4 Å². The van der Waals surface area contributed by atoms with E-state index in [0.717, 1.165) is 5.56 Å². The van der Waals surface area contributed by atoms with Crippen molar-refractivity contribution in [1.82, 2.24) is 10.8 Å². The van der Waals surface area contributed by atoms with Crippen LogP contribution in [0.15, 0.2) is 36.4 Å². The van der Waals surface area contributed by atoms with Crippen molar-refractivity contribution < 1.29 is 19.6 Å². The lowest BCUT2D eigenvalue weighted by atomic mass is 10.2. The molecule has 0 aromatic heterocycles. The summed E-state index contributed by atoms with van der Waals surface area (Å²) < 4.78 is 0. The third-order valence-electron chi connectivity index (χ3n) is 3.14. The Morgan fingerprint density at radius 2 is 1.96 bits per heavy atom. The summed E-state index contributed by atoms with van der Waals surface area (Å²) in [7, 11) is 0. The van der Waals surface area contributed by atoms with Gasteiger partial charge in [-0.1, -0.05) is 30.3 Å². The molecular formula is C17H22N2O4S. The predicted octanol–water partition coefficient (Wildman–Crippen LogP) is 1.79. The molecule has 0 saturated heterocycles. The first kappa shape index (κ1) is 19.9. The van der Waals surface area contributed by atoms with Crippen molar-refractivity contribution in [2.24, 2.45) is 0 Å². The molecule has 24 heavy (non-hydrogen) atoms. The zero-order valence-corrected chi connectivity index (χ0v) is 14.3. The molecule has 0 fully saturated rings. The summed E-state index contributed by atoms with van der Waals surface area (Å²) in [6.45, 7) is 1.44. The van der Waals surface area contributed by atoms with E-state index in [1.54, 1.807) is 11.6 Å². The smallest absolute Gasteiger partial charge is 0.244 e. The van der Waals surface area contributed by atoms with E-state index < -0.39 is 11.9 Å². The van der Waals surface area contributed by atoms with Crippen molar-refractivity contribution >= 4 is 35.4 Å². The maximum absolute atomic E-state index is 11.9. The van der Waals surface area contributed by atoms with Crippen molar-refractivity contribution in [2.45, 2.75) is 25.8 Å². The number of carbonyl (C=O) groups is 3. The number of hydrogen-bond donors (Lipinski definition) is 3. The molecule has 1 rings (SSSR count). The first-order valence-electron chi connectivity index (χ1n) is 7.57. The molecule has 0 aliphatic carbocycles. The van der Waals surface area contributed by atoms with E-state index in [2.05, 4.69) is 5.32 Å². The first-order chi connectivity index (χ1) is 11.5. The number of ketones is 1. The average Bonchev–Trinajstić information content (AvgIpc) is 2.59. The van der Waals surface area contributed by atoms with Crippen LogP contribution >= 0.6 is 11.8 Å². The Balaban J connectivity index is 2.37. The number of Topliss-reactive ketones (excluding diaryl/α,β-unsaturated/α-hetero) is 1. The lowest BCUT2D eigenvalue weighted by Gasteiger charge is -2.14. The number of benzene rings is 1. The lowest BCUT2D eigenvalue weighted by Crippen LogP contribution is -2.40. The standard InChI is InChI=1S/C17H22N2O4S/c1-13(20)15(12-24-11-5-8-17(22)19-23)18-16(21)10-9-14-6-3-2-4-7-14/h2-4,6-7,9-10,15,23H,5,8,11-12H2,1H3,(H,18,21)(H,19,22)/b10-9+/t15-/m0/s1. The number of hydroxylamine groups is 1. The minimum absolute atomic E-state index is 0.114. The normalized spacial score (nSPS) is 11.9. The number of amides is 2. The van der Waals surface area contributed by atoms with Crippen LogP contribution in [0.4, 0.5) is 0 Å². The van der Waals surface area contributed by atoms with Gasteiger partial charge in [0.1, 0.15) is 0 Å². The molecule has 6 nitrogen and oxygen atoms in total. The van der Waals surface area contributed by atoms with Crippen molar-refractivity contribution in [3.63, 3.8) is 0 Å². The zero-order chi connectivity index (χ0) is 17.8. The van der Waals surface area contributed by atoms with E-state index in [4.69, 9.17) is 5.21 Å². The van der Waals surface area contributed by atoms with E-state index >= 15 is 0 Å². The molecule has 0 bridgehead atoms. The molecule has 0 aliphatic heterocycles. The molecule has 1 aromatic rings. The molecule has 0 saturated carbocycles. The molecule has 1 atom stereocenters. The van der Waals surface area contributed by atoms with Crippen LogP contribution in [0.25, 0.3) is 6.08 Å². The summed E-state index contributed by atoms with van der Waals surface area (Å²) >= 11 is 1.48. The van der Waals surface area contributed by atoms with E-state index in [9.17, 15) is 14.4 Å². The Morgan fingerprint density at radius 3 is 2.58 bits per heavy atom. The minimum atomic E-state index is -0.561. The fourth-order valence-electron chi connectivity index (χ4n) is 1.81. The van der Waals surface area contributed by atoms with Gasteiger partial charge in [0, 0.05) is 18.2 Å². The molecule has 0 radical (unpaired) electrons. The Kier molecular flexibility index (Phi) is 9.48. The Labute approximate surface area is 145 Å². The largest absolute Gasteiger partial charge is 0.342 e. The van der Waals surface area contributed by atoms with Gasteiger partial charge in [0.05, 0.1) is 6.04 Å². The summed E-state index contributed by atoms with van der Waals surface area (Å²) in [6.07, 6.45) is 3.90. The fourth-order valence-corrected chi connectivity index (χ4v) is 2.88. The summed E-state index contributed by atoms with van der Waals surface area (Å²) in [5, 5.41) is 11.1. The highest BCUT2D eigenvalue weighted by Gasteiger charge is 2.15. The van der Waals surface area contributed by atoms with E-state index in [-0.39, 0.29) is 18.1 Å². The van der Waals surface area contributed by atoms with Gasteiger partial charge in [0.15, 0.2) is 5.78 Å². The van der Waals surface area contributed by atoms with Crippen LogP contribution in [-0.2, 0) is 14.4 Å². The highest BCUT2D eigenvalue weighted by Crippen LogP contribution is 2.08. The van der Waals surface area contributed by atoms with Gasteiger partial charge in [0.2, 0.25) is 11.8 Å². The number of hydrogen-bond acceptors (Lipinski definition) is 5. The molecule has 1 aromatic carbocycles. The van der Waals surface area contributed by atoms with E-state index in [1.807, 2.05) is 30.3 Å². The third kappa shape index (κ3) is 8.50. The second-order valence-electron chi connectivity index (χ2n) is 5.13. The zero-order valence-electron chi connectivity index (χ0n) is 13.5. The van der Waals surface area contributed by atoms with Crippen molar-refractivity contribution in [2.75, 3.05) is 11.5 Å². The number of carbonyl (C=O) groups excluding carboxylic acids is 3. The topological polar surface area (TPSA) is 95.5 Å². The van der Waals surface area contributed by atoms with E-state index in [0.29, 0.717) is 17.9 Å². The molecule has 0 spiro atoms. The van der Waals surface area contributed by atoms with Gasteiger partial charge in [-0.05, 0) is 30.7 Å². The fraction of sp³-hybridized carbons (Fsp3) is 0.353.